The van der Waals surface area contributed by atoms with Gasteiger partial charge in [0.25, 0.3) is 10.0 Å². The second-order valence-electron chi connectivity index (χ2n) is 5.01. The summed E-state index contributed by atoms with van der Waals surface area (Å²) in [7, 11) is -3.66. The summed E-state index contributed by atoms with van der Waals surface area (Å²) in [6, 6.07) is 12.0. The molecule has 0 aliphatic heterocycles. The van der Waals surface area contributed by atoms with Crippen LogP contribution in [0, 0.1) is 32.1 Å². The minimum Gasteiger partial charge on any atom is -0.279 e. The van der Waals surface area contributed by atoms with Gasteiger partial charge in [0, 0.05) is 0 Å². The lowest BCUT2D eigenvalue weighted by Crippen LogP contribution is -2.14. The Labute approximate surface area is 125 Å². The zero-order chi connectivity index (χ0) is 15.6. The molecule has 108 valence electrons. The van der Waals surface area contributed by atoms with E-state index in [2.05, 4.69) is 4.72 Å². The standard InChI is InChI=1S/C16H16N2O2S/c1-11-4-7-16(13(3)8-11)18-21(19,20)15-6-5-14(10-17)12(2)9-15/h4-9,18H,1-3H3. The van der Waals surface area contributed by atoms with Crippen LogP contribution in [-0.4, -0.2) is 8.42 Å². The van der Waals surface area contributed by atoms with Gasteiger partial charge in [0.1, 0.15) is 0 Å². The zero-order valence-corrected chi connectivity index (χ0v) is 13.0. The number of rotatable bonds is 3. The Balaban J connectivity index is 2.39. The van der Waals surface area contributed by atoms with Crippen molar-refractivity contribution in [2.24, 2.45) is 0 Å². The van der Waals surface area contributed by atoms with Crippen LogP contribution in [0.4, 0.5) is 5.69 Å². The van der Waals surface area contributed by atoms with E-state index in [0.717, 1.165) is 11.1 Å². The summed E-state index contributed by atoms with van der Waals surface area (Å²) in [5.41, 5.74) is 3.61. The van der Waals surface area contributed by atoms with E-state index < -0.39 is 10.0 Å². The Bertz CT molecular complexity index is 834. The molecule has 0 heterocycles. The van der Waals surface area contributed by atoms with Crippen molar-refractivity contribution in [3.63, 3.8) is 0 Å². The topological polar surface area (TPSA) is 70.0 Å². The van der Waals surface area contributed by atoms with E-state index in [1.54, 1.807) is 13.0 Å². The maximum Gasteiger partial charge on any atom is 0.261 e. The number of nitriles is 1. The molecule has 4 nitrogen and oxygen atoms in total. The van der Waals surface area contributed by atoms with Gasteiger partial charge in [-0.25, -0.2) is 8.42 Å². The Hall–Kier alpha value is -2.32. The second-order valence-corrected chi connectivity index (χ2v) is 6.69. The van der Waals surface area contributed by atoms with Gasteiger partial charge < -0.3 is 0 Å². The summed E-state index contributed by atoms with van der Waals surface area (Å²) in [6.07, 6.45) is 0. The van der Waals surface area contributed by atoms with Crippen LogP contribution in [0.25, 0.3) is 0 Å². The Morgan fingerprint density at radius 3 is 2.29 bits per heavy atom. The molecule has 2 aromatic rings. The van der Waals surface area contributed by atoms with Gasteiger partial charge in [-0.2, -0.15) is 5.26 Å². The lowest BCUT2D eigenvalue weighted by Gasteiger charge is -2.12. The number of anilines is 1. The minimum atomic E-state index is -3.66. The second kappa shape index (κ2) is 5.58. The van der Waals surface area contributed by atoms with Crippen molar-refractivity contribution in [1.82, 2.24) is 0 Å². The molecular weight excluding hydrogens is 284 g/mol. The summed E-state index contributed by atoms with van der Waals surface area (Å²) < 4.78 is 27.4. The molecule has 0 atom stereocenters. The molecule has 1 N–H and O–H groups in total. The van der Waals surface area contributed by atoms with Crippen LogP contribution in [0.3, 0.4) is 0 Å². The third-order valence-electron chi connectivity index (χ3n) is 3.25. The van der Waals surface area contributed by atoms with Gasteiger partial charge in [0.05, 0.1) is 22.2 Å². The molecule has 5 heteroatoms. The third kappa shape index (κ3) is 3.23. The first-order chi connectivity index (χ1) is 9.83. The van der Waals surface area contributed by atoms with E-state index >= 15 is 0 Å². The molecule has 21 heavy (non-hydrogen) atoms. The predicted molar refractivity (Wildman–Crippen MR) is 82.6 cm³/mol. The number of nitrogens with one attached hydrogen (secondary N) is 1. The highest BCUT2D eigenvalue weighted by Gasteiger charge is 2.16. The van der Waals surface area contributed by atoms with Crippen molar-refractivity contribution in [3.8, 4) is 6.07 Å². The number of benzene rings is 2. The average molecular weight is 300 g/mol. The number of nitrogens with zero attached hydrogens (tertiary/aromatic N) is 1. The Morgan fingerprint density at radius 1 is 1.00 bits per heavy atom. The number of hydrogen-bond donors (Lipinski definition) is 1. The molecule has 0 amide bonds. The Morgan fingerprint density at radius 2 is 1.71 bits per heavy atom. The number of hydrogen-bond acceptors (Lipinski definition) is 3. The lowest BCUT2D eigenvalue weighted by molar-refractivity contribution is 0.601. The molecule has 0 bridgehead atoms. The van der Waals surface area contributed by atoms with E-state index in [1.165, 1.54) is 18.2 Å². The highest BCUT2D eigenvalue weighted by molar-refractivity contribution is 7.92. The molecular formula is C16H16N2O2S. The van der Waals surface area contributed by atoms with E-state index in [-0.39, 0.29) is 4.90 Å². The van der Waals surface area contributed by atoms with E-state index in [4.69, 9.17) is 5.26 Å². The summed E-state index contributed by atoms with van der Waals surface area (Å²) in [4.78, 5) is 0.152. The molecule has 0 saturated heterocycles. The molecule has 0 aliphatic carbocycles. The molecule has 0 saturated carbocycles. The van der Waals surface area contributed by atoms with Crippen LogP contribution in [0.15, 0.2) is 41.3 Å². The largest absolute Gasteiger partial charge is 0.279 e. The van der Waals surface area contributed by atoms with Gasteiger partial charge in [0.15, 0.2) is 0 Å². The van der Waals surface area contributed by atoms with Crippen molar-refractivity contribution in [3.05, 3.63) is 58.7 Å². The van der Waals surface area contributed by atoms with Crippen molar-refractivity contribution < 1.29 is 8.42 Å². The first-order valence-electron chi connectivity index (χ1n) is 6.44. The zero-order valence-electron chi connectivity index (χ0n) is 12.1. The summed E-state index contributed by atoms with van der Waals surface area (Å²) >= 11 is 0. The molecule has 0 aromatic heterocycles. The quantitative estimate of drug-likeness (QED) is 0.945. The lowest BCUT2D eigenvalue weighted by atomic mass is 10.1. The SMILES string of the molecule is Cc1ccc(NS(=O)(=O)c2ccc(C#N)c(C)c2)c(C)c1. The monoisotopic (exact) mass is 300 g/mol. The molecule has 2 rings (SSSR count). The summed E-state index contributed by atoms with van der Waals surface area (Å²) in [5, 5.41) is 8.89. The van der Waals surface area contributed by atoms with Crippen LogP contribution in [-0.2, 0) is 10.0 Å². The smallest absolute Gasteiger partial charge is 0.261 e. The average Bonchev–Trinajstić information content (AvgIpc) is 2.42. The molecule has 0 unspecified atom stereocenters. The Kier molecular flexibility index (Phi) is 4.01. The summed E-state index contributed by atoms with van der Waals surface area (Å²) in [6.45, 7) is 5.53. The van der Waals surface area contributed by atoms with Crippen LogP contribution in [0.1, 0.15) is 22.3 Å². The van der Waals surface area contributed by atoms with Crippen LogP contribution in [0.2, 0.25) is 0 Å². The number of aryl methyl sites for hydroxylation is 3. The van der Waals surface area contributed by atoms with E-state index in [1.807, 2.05) is 32.0 Å². The first-order valence-corrected chi connectivity index (χ1v) is 7.92. The van der Waals surface area contributed by atoms with Crippen molar-refractivity contribution >= 4 is 15.7 Å². The molecule has 0 fully saturated rings. The fraction of sp³-hybridized carbons (Fsp3) is 0.188. The third-order valence-corrected chi connectivity index (χ3v) is 4.62. The fourth-order valence-electron chi connectivity index (χ4n) is 2.06. The van der Waals surface area contributed by atoms with Gasteiger partial charge in [-0.15, -0.1) is 0 Å². The molecule has 0 spiro atoms. The van der Waals surface area contributed by atoms with Gasteiger partial charge in [0.2, 0.25) is 0 Å². The molecule has 0 radical (unpaired) electrons. The van der Waals surface area contributed by atoms with Crippen LogP contribution < -0.4 is 4.72 Å². The first kappa shape index (κ1) is 15.1. The van der Waals surface area contributed by atoms with Crippen molar-refractivity contribution in [2.75, 3.05) is 4.72 Å². The van der Waals surface area contributed by atoms with E-state index in [0.29, 0.717) is 16.8 Å². The maximum atomic E-state index is 12.4. The molecule has 0 aliphatic rings. The van der Waals surface area contributed by atoms with Gasteiger partial charge in [-0.3, -0.25) is 4.72 Å². The fourth-order valence-corrected chi connectivity index (χ4v) is 3.28. The van der Waals surface area contributed by atoms with Gasteiger partial charge in [-0.05, 0) is 56.2 Å². The predicted octanol–water partition coefficient (Wildman–Crippen LogP) is 3.28. The van der Waals surface area contributed by atoms with E-state index in [9.17, 15) is 8.42 Å². The molecule has 2 aromatic carbocycles. The normalized spacial score (nSPS) is 11.0. The van der Waals surface area contributed by atoms with Gasteiger partial charge in [-0.1, -0.05) is 17.7 Å². The van der Waals surface area contributed by atoms with Crippen LogP contribution in [0.5, 0.6) is 0 Å². The summed E-state index contributed by atoms with van der Waals surface area (Å²) in [5.74, 6) is 0. The van der Waals surface area contributed by atoms with Gasteiger partial charge >= 0.3 is 0 Å². The minimum absolute atomic E-state index is 0.152. The highest BCUT2D eigenvalue weighted by atomic mass is 32.2. The van der Waals surface area contributed by atoms with Crippen molar-refractivity contribution in [1.29, 1.82) is 5.26 Å². The number of sulfonamides is 1. The van der Waals surface area contributed by atoms with Crippen molar-refractivity contribution in [2.45, 2.75) is 25.7 Å². The van der Waals surface area contributed by atoms with Crippen LogP contribution >= 0.6 is 0 Å². The maximum absolute atomic E-state index is 12.4. The highest BCUT2D eigenvalue weighted by Crippen LogP contribution is 2.22.